The molecule has 0 aliphatic heterocycles. The number of aryl methyl sites for hydroxylation is 1. The smallest absolute Gasteiger partial charge is 0.373 e. The van der Waals surface area contributed by atoms with E-state index in [0.29, 0.717) is 0 Å². The van der Waals surface area contributed by atoms with E-state index < -0.39 is 5.97 Å². The van der Waals surface area contributed by atoms with Gasteiger partial charge in [-0.2, -0.15) is 0 Å². The molecule has 0 spiro atoms. The first-order valence-corrected chi connectivity index (χ1v) is 3.43. The highest BCUT2D eigenvalue weighted by molar-refractivity contribution is 5.86. The zero-order valence-electron chi connectivity index (χ0n) is 6.59. The normalized spacial score (nSPS) is 9.64. The highest BCUT2D eigenvalue weighted by atomic mass is 16.5. The lowest BCUT2D eigenvalue weighted by Gasteiger charge is -1.90. The maximum Gasteiger partial charge on any atom is 0.373 e. The Morgan fingerprint density at radius 2 is 2.45 bits per heavy atom. The maximum absolute atomic E-state index is 10.8. The van der Waals surface area contributed by atoms with Crippen LogP contribution in [0.4, 0.5) is 0 Å². The molecule has 3 heteroatoms. The van der Waals surface area contributed by atoms with E-state index in [4.69, 9.17) is 4.42 Å². The summed E-state index contributed by atoms with van der Waals surface area (Å²) >= 11 is 0. The number of hydrogen-bond acceptors (Lipinski definition) is 3. The summed E-state index contributed by atoms with van der Waals surface area (Å²) in [4.78, 5) is 10.8. The van der Waals surface area contributed by atoms with Crippen LogP contribution in [-0.2, 0) is 11.2 Å². The summed E-state index contributed by atoms with van der Waals surface area (Å²) in [5, 5.41) is 0. The molecule has 0 bridgehead atoms. The molecule has 0 aromatic carbocycles. The number of carbonyl (C=O) groups is 1. The van der Waals surface area contributed by atoms with Gasteiger partial charge >= 0.3 is 5.97 Å². The van der Waals surface area contributed by atoms with Gasteiger partial charge in [-0.3, -0.25) is 0 Å². The van der Waals surface area contributed by atoms with Crippen molar-refractivity contribution in [3.8, 4) is 0 Å². The number of esters is 1. The van der Waals surface area contributed by atoms with Crippen LogP contribution in [-0.4, -0.2) is 13.1 Å². The summed E-state index contributed by atoms with van der Waals surface area (Å²) < 4.78 is 9.40. The molecule has 0 aliphatic carbocycles. The van der Waals surface area contributed by atoms with Gasteiger partial charge in [0.2, 0.25) is 5.76 Å². The Bertz CT molecular complexity index is 250. The van der Waals surface area contributed by atoms with Gasteiger partial charge in [0.25, 0.3) is 0 Å². The van der Waals surface area contributed by atoms with Crippen LogP contribution in [0.3, 0.4) is 0 Å². The molecule has 0 radical (unpaired) electrons. The molecule has 0 saturated carbocycles. The largest absolute Gasteiger partial charge is 0.463 e. The van der Waals surface area contributed by atoms with Crippen molar-refractivity contribution >= 4 is 5.97 Å². The van der Waals surface area contributed by atoms with E-state index in [0.717, 1.165) is 12.0 Å². The minimum absolute atomic E-state index is 0.268. The second-order valence-corrected chi connectivity index (χ2v) is 2.16. The molecule has 0 N–H and O–H groups in total. The van der Waals surface area contributed by atoms with Gasteiger partial charge in [0.1, 0.15) is 0 Å². The molecule has 0 aliphatic rings. The Balaban J connectivity index is 2.80. The van der Waals surface area contributed by atoms with Crippen LogP contribution in [0.15, 0.2) is 16.7 Å². The van der Waals surface area contributed by atoms with Crippen molar-refractivity contribution < 1.29 is 13.9 Å². The number of rotatable bonds is 2. The summed E-state index contributed by atoms with van der Waals surface area (Å²) in [5.41, 5.74) is 1.01. The van der Waals surface area contributed by atoms with Crippen LogP contribution in [0.1, 0.15) is 23.0 Å². The quantitative estimate of drug-likeness (QED) is 0.608. The summed E-state index contributed by atoms with van der Waals surface area (Å²) in [6, 6.07) is 1.69. The molecule has 0 unspecified atom stereocenters. The molecular weight excluding hydrogens is 144 g/mol. The Morgan fingerprint density at radius 1 is 1.73 bits per heavy atom. The first-order chi connectivity index (χ1) is 5.27. The molecule has 0 saturated heterocycles. The van der Waals surface area contributed by atoms with Crippen molar-refractivity contribution in [2.75, 3.05) is 7.11 Å². The predicted octanol–water partition coefficient (Wildman–Crippen LogP) is 1.63. The summed E-state index contributed by atoms with van der Waals surface area (Å²) in [6.45, 7) is 1.99. The molecular formula is C8H10O3. The number of methoxy groups -OCH3 is 1. The van der Waals surface area contributed by atoms with Crippen molar-refractivity contribution in [1.82, 2.24) is 0 Å². The van der Waals surface area contributed by atoms with Crippen molar-refractivity contribution in [3.63, 3.8) is 0 Å². The van der Waals surface area contributed by atoms with Gasteiger partial charge in [-0.15, -0.1) is 0 Å². The Hall–Kier alpha value is -1.25. The van der Waals surface area contributed by atoms with Gasteiger partial charge < -0.3 is 9.15 Å². The Morgan fingerprint density at radius 3 is 2.91 bits per heavy atom. The lowest BCUT2D eigenvalue weighted by atomic mass is 10.2. The summed E-state index contributed by atoms with van der Waals surface area (Å²) in [7, 11) is 1.33. The van der Waals surface area contributed by atoms with Crippen molar-refractivity contribution in [2.45, 2.75) is 13.3 Å². The molecule has 1 aromatic heterocycles. The molecule has 1 heterocycles. The third-order valence-corrected chi connectivity index (χ3v) is 1.45. The number of carbonyl (C=O) groups excluding carboxylic acids is 1. The molecule has 60 valence electrons. The molecule has 1 aromatic rings. The zero-order valence-corrected chi connectivity index (χ0v) is 6.59. The van der Waals surface area contributed by atoms with Crippen LogP contribution in [0.25, 0.3) is 0 Å². The third kappa shape index (κ3) is 1.61. The van der Waals surface area contributed by atoms with Crippen LogP contribution in [0.5, 0.6) is 0 Å². The van der Waals surface area contributed by atoms with Crippen LogP contribution in [0.2, 0.25) is 0 Å². The van der Waals surface area contributed by atoms with E-state index >= 15 is 0 Å². The fourth-order valence-corrected chi connectivity index (χ4v) is 0.769. The average molecular weight is 154 g/mol. The van der Waals surface area contributed by atoms with Gasteiger partial charge in [0, 0.05) is 0 Å². The van der Waals surface area contributed by atoms with Crippen molar-refractivity contribution in [1.29, 1.82) is 0 Å². The van der Waals surface area contributed by atoms with E-state index in [9.17, 15) is 4.79 Å². The summed E-state index contributed by atoms with van der Waals surface area (Å²) in [5.74, 6) is -0.158. The first kappa shape index (κ1) is 7.85. The summed E-state index contributed by atoms with van der Waals surface area (Å²) in [6.07, 6.45) is 2.42. The third-order valence-electron chi connectivity index (χ3n) is 1.45. The highest BCUT2D eigenvalue weighted by Gasteiger charge is 2.09. The van der Waals surface area contributed by atoms with Gasteiger partial charge in [0.15, 0.2) is 0 Å². The minimum atomic E-state index is -0.426. The van der Waals surface area contributed by atoms with E-state index in [1.807, 2.05) is 6.92 Å². The van der Waals surface area contributed by atoms with Crippen LogP contribution >= 0.6 is 0 Å². The zero-order chi connectivity index (χ0) is 8.27. The topological polar surface area (TPSA) is 39.4 Å². The lowest BCUT2D eigenvalue weighted by Crippen LogP contribution is -1.98. The fourth-order valence-electron chi connectivity index (χ4n) is 0.769. The minimum Gasteiger partial charge on any atom is -0.463 e. The highest BCUT2D eigenvalue weighted by Crippen LogP contribution is 2.08. The van der Waals surface area contributed by atoms with Gasteiger partial charge in [-0.05, 0) is 18.1 Å². The second-order valence-electron chi connectivity index (χ2n) is 2.16. The van der Waals surface area contributed by atoms with E-state index in [-0.39, 0.29) is 5.76 Å². The first-order valence-electron chi connectivity index (χ1n) is 3.43. The van der Waals surface area contributed by atoms with E-state index in [1.165, 1.54) is 7.11 Å². The Labute approximate surface area is 65.0 Å². The molecule has 11 heavy (non-hydrogen) atoms. The van der Waals surface area contributed by atoms with Gasteiger partial charge in [-0.25, -0.2) is 4.79 Å². The molecule has 0 fully saturated rings. The molecule has 3 nitrogen and oxygen atoms in total. The number of furan rings is 1. The van der Waals surface area contributed by atoms with E-state index in [2.05, 4.69) is 4.74 Å². The average Bonchev–Trinajstić information content (AvgIpc) is 2.50. The van der Waals surface area contributed by atoms with Crippen molar-refractivity contribution in [3.05, 3.63) is 23.7 Å². The fraction of sp³-hybridized carbons (Fsp3) is 0.375. The van der Waals surface area contributed by atoms with Crippen LogP contribution < -0.4 is 0 Å². The Kier molecular flexibility index (Phi) is 2.31. The van der Waals surface area contributed by atoms with Crippen molar-refractivity contribution in [2.24, 2.45) is 0 Å². The van der Waals surface area contributed by atoms with E-state index in [1.54, 1.807) is 12.3 Å². The van der Waals surface area contributed by atoms with Gasteiger partial charge in [-0.1, -0.05) is 6.92 Å². The molecule has 0 amide bonds. The number of hydrogen-bond donors (Lipinski definition) is 0. The van der Waals surface area contributed by atoms with Crippen LogP contribution in [0, 0.1) is 0 Å². The standard InChI is InChI=1S/C8H10O3/c1-3-6-4-7(11-5-6)8(9)10-2/h4-5H,3H2,1-2H3. The predicted molar refractivity (Wildman–Crippen MR) is 39.4 cm³/mol. The molecule has 1 rings (SSSR count). The second kappa shape index (κ2) is 3.23. The molecule has 0 atom stereocenters. The maximum atomic E-state index is 10.8. The monoisotopic (exact) mass is 154 g/mol. The lowest BCUT2D eigenvalue weighted by molar-refractivity contribution is 0.0565. The number of ether oxygens (including phenoxy) is 1. The van der Waals surface area contributed by atoms with Gasteiger partial charge in [0.05, 0.1) is 13.4 Å². The SMILES string of the molecule is CCc1coc(C(=O)OC)c1.